The van der Waals surface area contributed by atoms with Crippen molar-refractivity contribution in [1.82, 2.24) is 15.1 Å². The van der Waals surface area contributed by atoms with Crippen molar-refractivity contribution >= 4 is 22.9 Å². The molecule has 0 bridgehead atoms. The maximum Gasteiger partial charge on any atom is 0.286 e. The molecule has 9 heteroatoms. The van der Waals surface area contributed by atoms with Crippen molar-refractivity contribution in [2.45, 2.75) is 6.54 Å². The molecule has 1 heterocycles. The second-order valence-corrected chi connectivity index (χ2v) is 6.51. The fourth-order valence-corrected chi connectivity index (χ4v) is 2.95. The van der Waals surface area contributed by atoms with E-state index in [0.717, 1.165) is 23.8 Å². The standard InChI is InChI=1S/C17H24N4O4S/c1-23-10-8-21(9-11-24-2)12-15-19-20-17(26-15)16(22)18-13-4-6-14(25-3)7-5-13/h4-7H,8-12H2,1-3H3,(H,18,22). The van der Waals surface area contributed by atoms with E-state index in [1.165, 1.54) is 11.3 Å². The molecule has 8 nitrogen and oxygen atoms in total. The lowest BCUT2D eigenvalue weighted by atomic mass is 10.3. The summed E-state index contributed by atoms with van der Waals surface area (Å²) in [4.78, 5) is 14.5. The van der Waals surface area contributed by atoms with Gasteiger partial charge in [0, 0.05) is 33.0 Å². The zero-order chi connectivity index (χ0) is 18.8. The summed E-state index contributed by atoms with van der Waals surface area (Å²) in [6.45, 7) is 3.35. The predicted octanol–water partition coefficient (Wildman–Crippen LogP) is 1.89. The summed E-state index contributed by atoms with van der Waals surface area (Å²) in [5, 5.41) is 12.0. The number of hydrogen-bond acceptors (Lipinski definition) is 8. The van der Waals surface area contributed by atoms with Gasteiger partial charge in [0.15, 0.2) is 0 Å². The first-order valence-electron chi connectivity index (χ1n) is 8.14. The number of benzene rings is 1. The number of anilines is 1. The van der Waals surface area contributed by atoms with Gasteiger partial charge >= 0.3 is 0 Å². The average Bonchev–Trinajstić information content (AvgIpc) is 3.13. The van der Waals surface area contributed by atoms with E-state index in [0.29, 0.717) is 30.5 Å². The van der Waals surface area contributed by atoms with E-state index in [4.69, 9.17) is 14.2 Å². The van der Waals surface area contributed by atoms with Gasteiger partial charge in [-0.1, -0.05) is 11.3 Å². The highest BCUT2D eigenvalue weighted by atomic mass is 32.1. The van der Waals surface area contributed by atoms with Crippen molar-refractivity contribution in [3.63, 3.8) is 0 Å². The highest BCUT2D eigenvalue weighted by Crippen LogP contribution is 2.17. The lowest BCUT2D eigenvalue weighted by molar-refractivity contribution is 0.102. The van der Waals surface area contributed by atoms with Crippen LogP contribution in [0.2, 0.25) is 0 Å². The first-order valence-corrected chi connectivity index (χ1v) is 8.96. The number of amides is 1. The maximum absolute atomic E-state index is 12.3. The molecule has 1 aromatic heterocycles. The number of carbonyl (C=O) groups excluding carboxylic acids is 1. The molecule has 1 N–H and O–H groups in total. The van der Waals surface area contributed by atoms with Crippen molar-refractivity contribution < 1.29 is 19.0 Å². The molecular formula is C17H24N4O4S. The molecular weight excluding hydrogens is 356 g/mol. The fourth-order valence-electron chi connectivity index (χ4n) is 2.17. The SMILES string of the molecule is COCCN(CCOC)Cc1nnc(C(=O)Nc2ccc(OC)cc2)s1. The number of nitrogens with zero attached hydrogens (tertiary/aromatic N) is 3. The number of ether oxygens (including phenoxy) is 3. The van der Waals surface area contributed by atoms with Gasteiger partial charge in [0.25, 0.3) is 5.91 Å². The van der Waals surface area contributed by atoms with Crippen LogP contribution in [0.1, 0.15) is 14.8 Å². The lowest BCUT2D eigenvalue weighted by Gasteiger charge is -2.19. The highest BCUT2D eigenvalue weighted by molar-refractivity contribution is 7.13. The molecule has 2 aromatic rings. The monoisotopic (exact) mass is 380 g/mol. The Hall–Kier alpha value is -2.07. The van der Waals surface area contributed by atoms with E-state index in [1.54, 1.807) is 45.6 Å². The lowest BCUT2D eigenvalue weighted by Crippen LogP contribution is -2.30. The van der Waals surface area contributed by atoms with Gasteiger partial charge in [-0.25, -0.2) is 0 Å². The van der Waals surface area contributed by atoms with Crippen LogP contribution in [0.25, 0.3) is 0 Å². The molecule has 26 heavy (non-hydrogen) atoms. The zero-order valence-electron chi connectivity index (χ0n) is 15.2. The molecule has 0 saturated carbocycles. The van der Waals surface area contributed by atoms with Crippen LogP contribution >= 0.6 is 11.3 Å². The van der Waals surface area contributed by atoms with Crippen LogP contribution in [0.15, 0.2) is 24.3 Å². The van der Waals surface area contributed by atoms with Crippen LogP contribution < -0.4 is 10.1 Å². The Bertz CT molecular complexity index is 670. The molecule has 0 fully saturated rings. The van der Waals surface area contributed by atoms with E-state index in [9.17, 15) is 4.79 Å². The minimum Gasteiger partial charge on any atom is -0.497 e. The molecule has 0 atom stereocenters. The van der Waals surface area contributed by atoms with Crippen LogP contribution in [-0.4, -0.2) is 68.6 Å². The van der Waals surface area contributed by atoms with Gasteiger partial charge in [-0.15, -0.1) is 10.2 Å². The predicted molar refractivity (Wildman–Crippen MR) is 99.9 cm³/mol. The second kappa shape index (κ2) is 10.8. The molecule has 1 amide bonds. The number of rotatable bonds is 11. The first kappa shape index (κ1) is 20.2. The van der Waals surface area contributed by atoms with Crippen molar-refractivity contribution in [3.05, 3.63) is 34.3 Å². The van der Waals surface area contributed by atoms with E-state index in [-0.39, 0.29) is 5.91 Å². The van der Waals surface area contributed by atoms with Crippen molar-refractivity contribution in [2.75, 3.05) is 52.9 Å². The number of hydrogen-bond donors (Lipinski definition) is 1. The smallest absolute Gasteiger partial charge is 0.286 e. The molecule has 0 unspecified atom stereocenters. The summed E-state index contributed by atoms with van der Waals surface area (Å²) in [6, 6.07) is 7.11. The number of aromatic nitrogens is 2. The average molecular weight is 380 g/mol. The molecule has 1 aromatic carbocycles. The van der Waals surface area contributed by atoms with Crippen molar-refractivity contribution in [2.24, 2.45) is 0 Å². The second-order valence-electron chi connectivity index (χ2n) is 5.45. The van der Waals surface area contributed by atoms with Crippen LogP contribution in [-0.2, 0) is 16.0 Å². The van der Waals surface area contributed by atoms with Gasteiger partial charge in [-0.2, -0.15) is 0 Å². The van der Waals surface area contributed by atoms with Gasteiger partial charge in [0.05, 0.1) is 26.9 Å². The zero-order valence-corrected chi connectivity index (χ0v) is 16.0. The van der Waals surface area contributed by atoms with Crippen LogP contribution in [0.5, 0.6) is 5.75 Å². The molecule has 0 aliphatic heterocycles. The Balaban J connectivity index is 1.94. The molecule has 2 rings (SSSR count). The molecule has 0 spiro atoms. The Morgan fingerprint density at radius 1 is 1.08 bits per heavy atom. The number of methoxy groups -OCH3 is 3. The highest BCUT2D eigenvalue weighted by Gasteiger charge is 2.15. The summed E-state index contributed by atoms with van der Waals surface area (Å²) in [5.74, 6) is 0.452. The van der Waals surface area contributed by atoms with Gasteiger partial charge in [0.2, 0.25) is 5.01 Å². The van der Waals surface area contributed by atoms with E-state index in [2.05, 4.69) is 20.4 Å². The van der Waals surface area contributed by atoms with Crippen LogP contribution in [0, 0.1) is 0 Å². The third-order valence-electron chi connectivity index (χ3n) is 3.59. The van der Waals surface area contributed by atoms with Crippen molar-refractivity contribution in [3.8, 4) is 5.75 Å². The van der Waals surface area contributed by atoms with E-state index < -0.39 is 0 Å². The Labute approximate surface area is 157 Å². The third kappa shape index (κ3) is 6.34. The maximum atomic E-state index is 12.3. The number of nitrogens with one attached hydrogen (secondary N) is 1. The van der Waals surface area contributed by atoms with Gasteiger partial charge in [0.1, 0.15) is 10.8 Å². The number of carbonyl (C=O) groups is 1. The molecule has 0 saturated heterocycles. The Morgan fingerprint density at radius 2 is 1.73 bits per heavy atom. The summed E-state index contributed by atoms with van der Waals surface area (Å²) in [7, 11) is 4.93. The van der Waals surface area contributed by atoms with Gasteiger partial charge < -0.3 is 19.5 Å². The molecule has 0 aliphatic carbocycles. The molecule has 0 aliphatic rings. The molecule has 142 valence electrons. The van der Waals surface area contributed by atoms with Crippen LogP contribution in [0.3, 0.4) is 0 Å². The third-order valence-corrected chi connectivity index (χ3v) is 4.50. The summed E-state index contributed by atoms with van der Waals surface area (Å²) in [5.41, 5.74) is 0.675. The summed E-state index contributed by atoms with van der Waals surface area (Å²) in [6.07, 6.45) is 0. The topological polar surface area (TPSA) is 85.8 Å². The van der Waals surface area contributed by atoms with Crippen LogP contribution in [0.4, 0.5) is 5.69 Å². The van der Waals surface area contributed by atoms with Gasteiger partial charge in [-0.05, 0) is 24.3 Å². The minimum atomic E-state index is -0.278. The summed E-state index contributed by atoms with van der Waals surface area (Å²) >= 11 is 1.28. The minimum absolute atomic E-state index is 0.278. The van der Waals surface area contributed by atoms with E-state index in [1.807, 2.05) is 0 Å². The van der Waals surface area contributed by atoms with Crippen molar-refractivity contribution in [1.29, 1.82) is 0 Å². The molecule has 0 radical (unpaired) electrons. The largest absolute Gasteiger partial charge is 0.497 e. The normalized spacial score (nSPS) is 10.9. The fraction of sp³-hybridized carbons (Fsp3) is 0.471. The Morgan fingerprint density at radius 3 is 2.31 bits per heavy atom. The van der Waals surface area contributed by atoms with Gasteiger partial charge in [-0.3, -0.25) is 9.69 Å². The first-order chi connectivity index (χ1) is 12.7. The quantitative estimate of drug-likeness (QED) is 0.637. The summed E-state index contributed by atoms with van der Waals surface area (Å²) < 4.78 is 15.4. The van der Waals surface area contributed by atoms with E-state index >= 15 is 0 Å². The Kier molecular flexibility index (Phi) is 8.42.